The Bertz CT molecular complexity index is 627. The van der Waals surface area contributed by atoms with Crippen LogP contribution in [0, 0.1) is 5.92 Å². The number of fused-ring (bicyclic) bond motifs is 1. The fraction of sp³-hybridized carbons (Fsp3) is 0.357. The van der Waals surface area contributed by atoms with Crippen molar-refractivity contribution in [2.75, 3.05) is 20.3 Å². The Kier molecular flexibility index (Phi) is 3.47. The van der Waals surface area contributed by atoms with Crippen molar-refractivity contribution in [3.63, 3.8) is 0 Å². The lowest BCUT2D eigenvalue weighted by atomic mass is 9.96. The molecule has 2 amide bonds. The van der Waals surface area contributed by atoms with Crippen LogP contribution in [0.5, 0.6) is 11.5 Å². The highest BCUT2D eigenvalue weighted by molar-refractivity contribution is 6.09. The third kappa shape index (κ3) is 2.81. The molecular formula is C14H15N3O4. The number of hydrogen-bond acceptors (Lipinski definition) is 5. The van der Waals surface area contributed by atoms with Gasteiger partial charge in [0.15, 0.2) is 0 Å². The van der Waals surface area contributed by atoms with Gasteiger partial charge in [0, 0.05) is 6.07 Å². The molecule has 0 radical (unpaired) electrons. The topological polar surface area (TPSA) is 89.0 Å². The van der Waals surface area contributed by atoms with Gasteiger partial charge in [0.1, 0.15) is 24.7 Å². The predicted octanol–water partition coefficient (Wildman–Crippen LogP) is -0.152. The van der Waals surface area contributed by atoms with E-state index in [0.717, 1.165) is 17.1 Å². The molecule has 110 valence electrons. The van der Waals surface area contributed by atoms with E-state index in [9.17, 15) is 9.59 Å². The fourth-order valence-corrected chi connectivity index (χ4v) is 2.30. The second-order valence-electron chi connectivity index (χ2n) is 4.89. The van der Waals surface area contributed by atoms with Crippen LogP contribution >= 0.6 is 0 Å². The number of ether oxygens (including phenoxy) is 2. The van der Waals surface area contributed by atoms with Gasteiger partial charge in [-0.1, -0.05) is 6.07 Å². The van der Waals surface area contributed by atoms with Gasteiger partial charge in [-0.25, -0.2) is 4.99 Å². The third-order valence-electron chi connectivity index (χ3n) is 3.43. The number of nitrogens with zero attached hydrogens (tertiary/aromatic N) is 1. The molecule has 0 aliphatic carbocycles. The summed E-state index contributed by atoms with van der Waals surface area (Å²) in [5.74, 6) is 0.932. The van der Waals surface area contributed by atoms with E-state index >= 15 is 0 Å². The molecule has 2 heterocycles. The summed E-state index contributed by atoms with van der Waals surface area (Å²) in [6.45, 7) is 0.340. The van der Waals surface area contributed by atoms with Gasteiger partial charge in [-0.3, -0.25) is 20.2 Å². The molecule has 3 rings (SSSR count). The first-order valence-corrected chi connectivity index (χ1v) is 6.60. The van der Waals surface area contributed by atoms with Crippen molar-refractivity contribution in [3.05, 3.63) is 23.8 Å². The van der Waals surface area contributed by atoms with Crippen LogP contribution in [0.25, 0.3) is 0 Å². The summed E-state index contributed by atoms with van der Waals surface area (Å²) < 4.78 is 10.8. The van der Waals surface area contributed by atoms with Gasteiger partial charge < -0.3 is 9.47 Å². The van der Waals surface area contributed by atoms with Crippen LogP contribution in [0.1, 0.15) is 5.56 Å². The molecule has 0 spiro atoms. The Labute approximate surface area is 121 Å². The minimum absolute atomic E-state index is 0.0550. The summed E-state index contributed by atoms with van der Waals surface area (Å²) in [6.07, 6.45) is 0.576. The van der Waals surface area contributed by atoms with E-state index in [1.54, 1.807) is 7.11 Å². The lowest BCUT2D eigenvalue weighted by Crippen LogP contribution is -2.45. The highest BCUT2D eigenvalue weighted by Crippen LogP contribution is 2.30. The van der Waals surface area contributed by atoms with Crippen LogP contribution in [0.4, 0.5) is 0 Å². The Hall–Kier alpha value is -2.57. The summed E-state index contributed by atoms with van der Waals surface area (Å²) in [4.78, 5) is 27.1. The molecular weight excluding hydrogens is 274 g/mol. The van der Waals surface area contributed by atoms with Gasteiger partial charge in [-0.15, -0.1) is 0 Å². The standard InChI is InChI=1S/C14H15N3O4/c1-20-10-3-2-8-4-9(7-21-11(8)5-10)13(19)17-14-15-6-12(18)16-14/h2-3,5,9H,4,6-7H2,1H3,(H2,15,16,17,18,19). The van der Waals surface area contributed by atoms with Crippen molar-refractivity contribution in [1.82, 2.24) is 10.6 Å². The van der Waals surface area contributed by atoms with Crippen molar-refractivity contribution >= 4 is 17.8 Å². The molecule has 7 heteroatoms. The smallest absolute Gasteiger partial charge is 0.248 e. The van der Waals surface area contributed by atoms with E-state index in [4.69, 9.17) is 9.47 Å². The highest BCUT2D eigenvalue weighted by Gasteiger charge is 2.28. The van der Waals surface area contributed by atoms with Crippen LogP contribution < -0.4 is 20.1 Å². The van der Waals surface area contributed by atoms with Gasteiger partial charge in [-0.2, -0.15) is 0 Å². The van der Waals surface area contributed by atoms with E-state index in [2.05, 4.69) is 15.6 Å². The first-order chi connectivity index (χ1) is 10.2. The number of carbonyl (C=O) groups is 2. The van der Waals surface area contributed by atoms with Crippen molar-refractivity contribution in [1.29, 1.82) is 0 Å². The van der Waals surface area contributed by atoms with E-state index in [0.29, 0.717) is 6.42 Å². The normalized spacial score (nSPS) is 20.0. The number of benzene rings is 1. The van der Waals surface area contributed by atoms with Gasteiger partial charge in [0.2, 0.25) is 17.8 Å². The molecule has 21 heavy (non-hydrogen) atoms. The van der Waals surface area contributed by atoms with Gasteiger partial charge in [0.05, 0.1) is 13.0 Å². The van der Waals surface area contributed by atoms with Gasteiger partial charge in [0.25, 0.3) is 0 Å². The average Bonchev–Trinajstić information content (AvgIpc) is 2.91. The Morgan fingerprint density at radius 3 is 3.10 bits per heavy atom. The number of guanidine groups is 1. The zero-order valence-corrected chi connectivity index (χ0v) is 11.5. The van der Waals surface area contributed by atoms with Gasteiger partial charge >= 0.3 is 0 Å². The number of rotatable bonds is 2. The molecule has 2 aliphatic rings. The largest absolute Gasteiger partial charge is 0.497 e. The summed E-state index contributed by atoms with van der Waals surface area (Å²) in [6, 6.07) is 5.54. The summed E-state index contributed by atoms with van der Waals surface area (Å²) in [5, 5.41) is 5.09. The lowest BCUT2D eigenvalue weighted by Gasteiger charge is -2.24. The Morgan fingerprint density at radius 1 is 1.52 bits per heavy atom. The average molecular weight is 289 g/mol. The first-order valence-electron chi connectivity index (χ1n) is 6.60. The predicted molar refractivity (Wildman–Crippen MR) is 74.3 cm³/mol. The quantitative estimate of drug-likeness (QED) is 0.792. The van der Waals surface area contributed by atoms with E-state index < -0.39 is 0 Å². The second-order valence-corrected chi connectivity index (χ2v) is 4.89. The second kappa shape index (κ2) is 5.43. The van der Waals surface area contributed by atoms with Crippen LogP contribution in [0.3, 0.4) is 0 Å². The van der Waals surface area contributed by atoms with Crippen molar-refractivity contribution in [3.8, 4) is 11.5 Å². The molecule has 1 atom stereocenters. The molecule has 1 aromatic rings. The minimum Gasteiger partial charge on any atom is -0.497 e. The molecule has 0 saturated carbocycles. The number of methoxy groups -OCH3 is 1. The number of amides is 2. The Balaban J connectivity index is 1.65. The molecule has 0 fully saturated rings. The maximum Gasteiger partial charge on any atom is 0.248 e. The molecule has 0 aromatic heterocycles. The molecule has 0 saturated heterocycles. The van der Waals surface area contributed by atoms with Crippen LogP contribution in [-0.2, 0) is 16.0 Å². The van der Waals surface area contributed by atoms with Crippen molar-refractivity contribution < 1.29 is 19.1 Å². The Morgan fingerprint density at radius 2 is 2.38 bits per heavy atom. The molecule has 7 nitrogen and oxygen atoms in total. The number of carbonyl (C=O) groups excluding carboxylic acids is 2. The molecule has 1 aromatic carbocycles. The molecule has 1 unspecified atom stereocenters. The summed E-state index contributed by atoms with van der Waals surface area (Å²) in [7, 11) is 1.59. The summed E-state index contributed by atoms with van der Waals surface area (Å²) >= 11 is 0. The maximum absolute atomic E-state index is 12.1. The highest BCUT2D eigenvalue weighted by atomic mass is 16.5. The van der Waals surface area contributed by atoms with Crippen LogP contribution in [-0.4, -0.2) is 38.0 Å². The van der Waals surface area contributed by atoms with E-state index in [-0.39, 0.29) is 36.8 Å². The zero-order chi connectivity index (χ0) is 14.8. The van der Waals surface area contributed by atoms with Gasteiger partial charge in [-0.05, 0) is 18.1 Å². The number of aliphatic imine (C=N–C) groups is 1. The van der Waals surface area contributed by atoms with Crippen LogP contribution in [0.2, 0.25) is 0 Å². The number of nitrogens with one attached hydrogen (secondary N) is 2. The fourth-order valence-electron chi connectivity index (χ4n) is 2.30. The van der Waals surface area contributed by atoms with Crippen LogP contribution in [0.15, 0.2) is 23.2 Å². The SMILES string of the molecule is COc1ccc2c(c1)OCC(C(=O)NC1=NCC(=O)N1)C2. The monoisotopic (exact) mass is 289 g/mol. The maximum atomic E-state index is 12.1. The minimum atomic E-state index is -0.314. The van der Waals surface area contributed by atoms with E-state index in [1.165, 1.54) is 0 Å². The van der Waals surface area contributed by atoms with Crippen molar-refractivity contribution in [2.24, 2.45) is 10.9 Å². The first kappa shape index (κ1) is 13.4. The lowest BCUT2D eigenvalue weighted by molar-refractivity contribution is -0.124. The summed E-state index contributed by atoms with van der Waals surface area (Å²) in [5.41, 5.74) is 0.958. The third-order valence-corrected chi connectivity index (χ3v) is 3.43. The zero-order valence-electron chi connectivity index (χ0n) is 11.5. The van der Waals surface area contributed by atoms with Crippen molar-refractivity contribution in [2.45, 2.75) is 6.42 Å². The number of hydrogen-bond donors (Lipinski definition) is 2. The molecule has 0 bridgehead atoms. The van der Waals surface area contributed by atoms with E-state index in [1.807, 2.05) is 18.2 Å². The molecule has 2 aliphatic heterocycles. The molecule has 2 N–H and O–H groups in total.